The minimum Gasteiger partial charge on any atom is -0.309 e. The normalized spacial score (nSPS) is 12.3. The lowest BCUT2D eigenvalue weighted by Crippen LogP contribution is -2.25. The van der Waals surface area contributed by atoms with Crippen molar-refractivity contribution < 1.29 is 0 Å². The van der Waals surface area contributed by atoms with Crippen LogP contribution in [0.2, 0.25) is 0 Å². The van der Waals surface area contributed by atoms with E-state index >= 15 is 0 Å². The van der Waals surface area contributed by atoms with Crippen molar-refractivity contribution in [3.8, 4) is 66.8 Å². The van der Waals surface area contributed by atoms with E-state index in [2.05, 4.69) is 288 Å². The van der Waals surface area contributed by atoms with Crippen LogP contribution in [0.25, 0.3) is 66.8 Å². The van der Waals surface area contributed by atoms with Gasteiger partial charge in [-0.3, -0.25) is 0 Å². The summed E-state index contributed by atoms with van der Waals surface area (Å²) in [5.74, 6) is 0. The molecule has 6 heterocycles. The molecule has 6 aliphatic carbocycles. The average Bonchev–Trinajstić information content (AvgIpc) is 1.64. The van der Waals surface area contributed by atoms with Crippen molar-refractivity contribution in [2.75, 3.05) is 14.7 Å². The van der Waals surface area contributed by atoms with E-state index in [1.165, 1.54) is 240 Å². The molecule has 15 aromatic carbocycles. The Morgan fingerprint density at radius 1 is 0.119 bits per heavy atom. The van der Waals surface area contributed by atoms with Gasteiger partial charge < -0.3 is 14.7 Å². The van der Waals surface area contributed by atoms with Crippen LogP contribution in [0.15, 0.2) is 273 Å². The Balaban J connectivity index is 0.000000184. The lowest BCUT2D eigenvalue weighted by Gasteiger charge is -2.40. The van der Waals surface area contributed by atoms with Crippen LogP contribution < -0.4 is 14.7 Å². The van der Waals surface area contributed by atoms with Crippen LogP contribution in [-0.4, -0.2) is 0 Å². The Morgan fingerprint density at radius 2 is 0.311 bits per heavy atom. The van der Waals surface area contributed by atoms with Gasteiger partial charge in [0.25, 0.3) is 0 Å². The number of nitrogens with zero attached hydrogens (tertiary/aromatic N) is 3. The molecule has 0 fully saturated rings. The second-order valence-electron chi connectivity index (χ2n) is 31.5. The predicted octanol–water partition coefficient (Wildman–Crippen LogP) is 39.7. The molecule has 0 radical (unpaired) electrons. The van der Waals surface area contributed by atoms with Crippen molar-refractivity contribution in [3.63, 3.8) is 0 Å². The smallest absolute Gasteiger partial charge is 0.0538 e. The Hall–Kier alpha value is -12.3. The molecule has 3 nitrogen and oxygen atoms in total. The third kappa shape index (κ3) is 18.9. The molecule has 3 heteroatoms. The molecule has 0 saturated carbocycles. The molecule has 0 saturated heterocycles. The van der Waals surface area contributed by atoms with Gasteiger partial charge >= 0.3 is 0 Å². The summed E-state index contributed by atoms with van der Waals surface area (Å²) in [5.41, 5.74) is 65.2. The van der Waals surface area contributed by atoms with E-state index < -0.39 is 0 Å². The minimum atomic E-state index is 1.01. The zero-order valence-corrected chi connectivity index (χ0v) is 88.3. The van der Waals surface area contributed by atoms with Crippen molar-refractivity contribution in [3.05, 3.63) is 407 Å². The fourth-order valence-electron chi connectivity index (χ4n) is 21.7. The highest BCUT2D eigenvalue weighted by Crippen LogP contribution is 2.61. The first-order valence-corrected chi connectivity index (χ1v) is 53.1. The van der Waals surface area contributed by atoms with Crippen LogP contribution in [0.3, 0.4) is 0 Å². The largest absolute Gasteiger partial charge is 0.309 e. The van der Waals surface area contributed by atoms with Crippen LogP contribution in [0, 0.1) is 0 Å². The topological polar surface area (TPSA) is 9.72 Å². The molecule has 27 rings (SSSR count). The first-order valence-electron chi connectivity index (χ1n) is 53.1. The van der Waals surface area contributed by atoms with Crippen LogP contribution in [0.1, 0.15) is 341 Å². The van der Waals surface area contributed by atoms with Gasteiger partial charge in [0, 0.05) is 74.8 Å². The molecule has 0 bridgehead atoms. The second-order valence-corrected chi connectivity index (χ2v) is 31.5. The highest BCUT2D eigenvalue weighted by molar-refractivity contribution is 6.01. The van der Waals surface area contributed by atoms with Crippen molar-refractivity contribution >= 4 is 51.2 Å². The molecule has 12 aliphatic rings. The van der Waals surface area contributed by atoms with Crippen molar-refractivity contribution in [2.24, 2.45) is 0 Å². The molecule has 6 aliphatic heterocycles. The summed E-state index contributed by atoms with van der Waals surface area (Å²) in [6, 6.07) is 104. The number of rotatable bonds is 0. The first kappa shape index (κ1) is 105. The van der Waals surface area contributed by atoms with E-state index in [1.807, 2.05) is 208 Å². The van der Waals surface area contributed by atoms with Crippen molar-refractivity contribution in [1.29, 1.82) is 0 Å². The van der Waals surface area contributed by atoms with Crippen molar-refractivity contribution in [1.82, 2.24) is 0 Å². The van der Waals surface area contributed by atoms with E-state index in [9.17, 15) is 0 Å². The quantitative estimate of drug-likeness (QED) is 0.150. The zero-order chi connectivity index (χ0) is 98.0. The molecular formula is C132H159N3. The van der Waals surface area contributed by atoms with Gasteiger partial charge in [0.05, 0.1) is 34.1 Å². The Bertz CT molecular complexity index is 6450. The predicted molar refractivity (Wildman–Crippen MR) is 600 cm³/mol. The van der Waals surface area contributed by atoms with Crippen LogP contribution >= 0.6 is 0 Å². The van der Waals surface area contributed by atoms with E-state index in [1.54, 1.807) is 11.1 Å². The van der Waals surface area contributed by atoms with Gasteiger partial charge in [-0.25, -0.2) is 0 Å². The number of hydrogen-bond donors (Lipinski definition) is 0. The highest BCUT2D eigenvalue weighted by atomic mass is 15.2. The van der Waals surface area contributed by atoms with Gasteiger partial charge in [-0.1, -0.05) is 444 Å². The van der Waals surface area contributed by atoms with E-state index in [-0.39, 0.29) is 0 Å². The standard InChI is InChI=1S/3C34H23N.15C2H6/c1-3-10-27-20(6-1)14-25-17-30-26(18-29(25)27)19-31-28(30)13-12-24-16-23-9-5-8-22-15-21-7-2-4-11-32(21)35(33(22)23)34(24)31;1-3-10-27-20(6-1)14-25-17-26-18-31-28(30(26)19-29(25)27)13-12-24-16-23-9-5-8-22-15-21-7-2-4-11-32(21)35(33(22)23)34(24)31;1-3-10-25-20(6-1)18-29-26(25)14-15-27-28-13-12-24-17-23-9-5-8-22-16-21-7-2-4-11-32(21)35(33(22)23)34(24)31(28)19-30(27)29;15*1-2/h1-13,17-18H,14-16,19H2;1-13,17,19H,14-16,18H2;1-15H,16-19H2;15*1-2H3. The zero-order valence-electron chi connectivity index (χ0n) is 88.3. The van der Waals surface area contributed by atoms with Crippen LogP contribution in [-0.2, 0) is 77.0 Å². The van der Waals surface area contributed by atoms with E-state index in [0.717, 1.165) is 77.0 Å². The fourth-order valence-corrected chi connectivity index (χ4v) is 21.7. The number of hydrogen-bond acceptors (Lipinski definition) is 3. The number of para-hydroxylation sites is 6. The van der Waals surface area contributed by atoms with Gasteiger partial charge in [-0.15, -0.1) is 0 Å². The van der Waals surface area contributed by atoms with Gasteiger partial charge in [0.15, 0.2) is 0 Å². The molecule has 0 aromatic heterocycles. The van der Waals surface area contributed by atoms with Gasteiger partial charge in [-0.2, -0.15) is 0 Å². The van der Waals surface area contributed by atoms with Crippen LogP contribution in [0.4, 0.5) is 51.2 Å². The van der Waals surface area contributed by atoms with Gasteiger partial charge in [0.2, 0.25) is 0 Å². The fraction of sp³-hybridized carbons (Fsp3) is 0.318. The summed E-state index contributed by atoms with van der Waals surface area (Å²) in [7, 11) is 0. The lowest BCUT2D eigenvalue weighted by molar-refractivity contribution is 0.999. The third-order valence-corrected chi connectivity index (χ3v) is 26.1. The second kappa shape index (κ2) is 49.8. The summed E-state index contributed by atoms with van der Waals surface area (Å²) < 4.78 is 0. The maximum atomic E-state index is 2.61. The Kier molecular flexibility index (Phi) is 38.6. The van der Waals surface area contributed by atoms with E-state index in [0.29, 0.717) is 0 Å². The number of anilines is 9. The van der Waals surface area contributed by atoms with E-state index in [4.69, 9.17) is 0 Å². The molecule has 0 unspecified atom stereocenters. The van der Waals surface area contributed by atoms with Gasteiger partial charge in [0.1, 0.15) is 0 Å². The summed E-state index contributed by atoms with van der Waals surface area (Å²) in [6.45, 7) is 60.0. The minimum absolute atomic E-state index is 1.01. The first-order chi connectivity index (χ1) is 67.0. The summed E-state index contributed by atoms with van der Waals surface area (Å²) >= 11 is 0. The maximum Gasteiger partial charge on any atom is 0.0538 e. The summed E-state index contributed by atoms with van der Waals surface area (Å²) in [4.78, 5) is 7.83. The molecule has 702 valence electrons. The van der Waals surface area contributed by atoms with Crippen LogP contribution in [0.5, 0.6) is 0 Å². The Labute approximate surface area is 818 Å². The summed E-state index contributed by atoms with van der Waals surface area (Å²) in [6.07, 6.45) is 12.3. The highest BCUT2D eigenvalue weighted by Gasteiger charge is 2.41. The molecule has 15 aromatic rings. The lowest BCUT2D eigenvalue weighted by atomic mass is 9.84. The maximum absolute atomic E-state index is 2.61. The summed E-state index contributed by atoms with van der Waals surface area (Å²) in [5, 5.41) is 0. The molecule has 135 heavy (non-hydrogen) atoms. The molecular weight excluding hydrogens is 1630 g/mol. The molecule has 0 N–H and O–H groups in total. The Morgan fingerprint density at radius 3 is 0.667 bits per heavy atom. The third-order valence-electron chi connectivity index (χ3n) is 26.1. The molecule has 0 amide bonds. The SMILES string of the molecule is CC.CC.CC.CC.CC.CC.CC.CC.CC.CC.CC.CC.CC.CC.CC.c1ccc2c(c1)Cc1c-2ccc2c1Cc1c-2ccc2c1N1c3ccccc3Cc3cccc(c31)C2.c1ccc2c(c1)Cc1cc3c(cc1-2)-c1ccc2c(c1C3)N1c3ccccc3Cc3cccc(c31)C2.c1ccc2c(c1)Cc1cc3c(cc1-2)Cc1c-3ccc2c1N1c3ccccc3Cc3cccc(c31)C2. The average molecular weight is 1790 g/mol. The molecule has 0 atom stereocenters. The van der Waals surface area contributed by atoms with Crippen molar-refractivity contribution in [2.45, 2.75) is 285 Å². The molecule has 0 spiro atoms. The number of benzene rings is 15. The monoisotopic (exact) mass is 1790 g/mol. The number of fused-ring (bicyclic) bond motifs is 34. The van der Waals surface area contributed by atoms with Gasteiger partial charge in [-0.05, 0) is 256 Å².